The van der Waals surface area contributed by atoms with Gasteiger partial charge in [-0.25, -0.2) is 9.18 Å². The van der Waals surface area contributed by atoms with Gasteiger partial charge in [0, 0.05) is 29.8 Å². The van der Waals surface area contributed by atoms with Crippen LogP contribution in [0.5, 0.6) is 5.75 Å². The van der Waals surface area contributed by atoms with Gasteiger partial charge in [0.25, 0.3) is 0 Å². The van der Waals surface area contributed by atoms with Crippen molar-refractivity contribution in [2.75, 3.05) is 11.5 Å². The molecule has 3 unspecified atom stereocenters. The van der Waals surface area contributed by atoms with Gasteiger partial charge in [-0.3, -0.25) is 4.90 Å². The van der Waals surface area contributed by atoms with E-state index in [1.165, 1.54) is 23.1 Å². The summed E-state index contributed by atoms with van der Waals surface area (Å²) in [5.41, 5.74) is -2.10. The summed E-state index contributed by atoms with van der Waals surface area (Å²) in [6.07, 6.45) is -4.01. The molecule has 7 nitrogen and oxygen atoms in total. The van der Waals surface area contributed by atoms with Crippen LogP contribution in [-0.4, -0.2) is 46.6 Å². The monoisotopic (exact) mass is 538 g/mol. The van der Waals surface area contributed by atoms with Crippen molar-refractivity contribution in [3.05, 3.63) is 58.9 Å². The first-order valence-corrected chi connectivity index (χ1v) is 12.5. The van der Waals surface area contributed by atoms with E-state index in [1.54, 1.807) is 13.0 Å². The van der Waals surface area contributed by atoms with E-state index in [4.69, 9.17) is 9.47 Å². The van der Waals surface area contributed by atoms with Crippen molar-refractivity contribution < 1.29 is 42.0 Å². The second kappa shape index (κ2) is 9.39. The fraction of sp³-hybridized carbons (Fsp3) is 0.519. The molecule has 1 aliphatic carbocycles. The van der Waals surface area contributed by atoms with Gasteiger partial charge in [0.15, 0.2) is 5.82 Å². The van der Waals surface area contributed by atoms with Crippen LogP contribution in [0.1, 0.15) is 56.2 Å². The molecule has 1 saturated heterocycles. The summed E-state index contributed by atoms with van der Waals surface area (Å²) in [6, 6.07) is 6.42. The Labute approximate surface area is 217 Å². The number of nitrogens with one attached hydrogen (secondary N) is 1. The van der Waals surface area contributed by atoms with E-state index in [-0.39, 0.29) is 49.2 Å². The maximum Gasteiger partial charge on any atom is 0.416 e. The number of anilines is 1. The first kappa shape index (κ1) is 26.7. The number of hydrogen-bond donors (Lipinski definition) is 3. The molecule has 2 heterocycles. The Balaban J connectivity index is 1.29. The highest BCUT2D eigenvalue weighted by Gasteiger charge is 2.47. The zero-order valence-electron chi connectivity index (χ0n) is 21.0. The second-order valence-electron chi connectivity index (χ2n) is 11.0. The Morgan fingerprint density at radius 1 is 1.13 bits per heavy atom. The molecule has 0 spiro atoms. The molecule has 3 atom stereocenters. The lowest BCUT2D eigenvalue weighted by atomic mass is 9.76. The van der Waals surface area contributed by atoms with Gasteiger partial charge >= 0.3 is 12.3 Å². The maximum absolute atomic E-state index is 15.2. The molecule has 0 bridgehead atoms. The summed E-state index contributed by atoms with van der Waals surface area (Å²) in [4.78, 5) is 13.6. The molecule has 2 fully saturated rings. The van der Waals surface area contributed by atoms with Crippen molar-refractivity contribution in [3.63, 3.8) is 0 Å². The first-order valence-electron chi connectivity index (χ1n) is 12.5. The maximum atomic E-state index is 15.2. The molecule has 2 aromatic rings. The molecule has 5 rings (SSSR count). The lowest BCUT2D eigenvalue weighted by Gasteiger charge is -2.47. The number of amides is 1. The normalized spacial score (nSPS) is 31.3. The van der Waals surface area contributed by atoms with Crippen molar-refractivity contribution in [1.29, 1.82) is 0 Å². The number of benzene rings is 2. The lowest BCUT2D eigenvalue weighted by molar-refractivity contribution is -0.137. The van der Waals surface area contributed by atoms with E-state index >= 15 is 4.39 Å². The number of hydrogen-bond acceptors (Lipinski definition) is 6. The Kier molecular flexibility index (Phi) is 6.60. The molecule has 2 aliphatic heterocycles. The summed E-state index contributed by atoms with van der Waals surface area (Å²) in [6.45, 7) is 3.47. The van der Waals surface area contributed by atoms with Gasteiger partial charge in [-0.15, -0.1) is 0 Å². The van der Waals surface area contributed by atoms with Crippen LogP contribution in [0.25, 0.3) is 0 Å². The number of piperidine rings is 1. The molecule has 3 aliphatic rings. The molecule has 38 heavy (non-hydrogen) atoms. The number of carbonyl (C=O) groups excluding carboxylic acids is 1. The van der Waals surface area contributed by atoms with E-state index in [1.807, 2.05) is 6.92 Å². The molecule has 0 radical (unpaired) electrons. The van der Waals surface area contributed by atoms with Crippen LogP contribution in [0, 0.1) is 5.82 Å². The third kappa shape index (κ3) is 5.19. The summed E-state index contributed by atoms with van der Waals surface area (Å²) in [5.74, 6) is -0.426. The number of fused-ring (bicyclic) bond motifs is 1. The minimum Gasteiger partial charge on any atom is -0.492 e. The number of alkyl halides is 3. The van der Waals surface area contributed by atoms with E-state index < -0.39 is 34.9 Å². The average molecular weight is 539 g/mol. The van der Waals surface area contributed by atoms with Crippen molar-refractivity contribution in [3.8, 4) is 5.75 Å². The molecular formula is C27H30F4N2O5. The van der Waals surface area contributed by atoms with Gasteiger partial charge in [-0.05, 0) is 63.3 Å². The number of ether oxygens (including phenoxy) is 2. The minimum absolute atomic E-state index is 0.0699. The third-order valence-electron chi connectivity index (χ3n) is 7.57. The van der Waals surface area contributed by atoms with Crippen LogP contribution >= 0.6 is 0 Å². The van der Waals surface area contributed by atoms with Crippen LogP contribution in [0.2, 0.25) is 0 Å². The van der Waals surface area contributed by atoms with Crippen LogP contribution in [0.15, 0.2) is 36.4 Å². The molecular weight excluding hydrogens is 508 g/mol. The molecule has 1 amide bonds. The number of aliphatic hydroxyl groups is 2. The highest BCUT2D eigenvalue weighted by molar-refractivity contribution is 5.91. The third-order valence-corrected chi connectivity index (χ3v) is 7.57. The molecule has 206 valence electrons. The second-order valence-corrected chi connectivity index (χ2v) is 11.0. The molecule has 3 N–H and O–H groups in total. The number of carbonyl (C=O) groups is 1. The predicted octanol–water partition coefficient (Wildman–Crippen LogP) is 4.62. The molecule has 11 heteroatoms. The SMILES string of the molecule is CC1CC(O)(c2ccc(C(F)(F)F)cc2)CC(COc2cc(F)c3c(c2)COC(=O)N3C2CC(C)(O)C2)N1. The summed E-state index contributed by atoms with van der Waals surface area (Å²) in [7, 11) is 0. The fourth-order valence-corrected chi connectivity index (χ4v) is 5.89. The topological polar surface area (TPSA) is 91.3 Å². The minimum atomic E-state index is -4.46. The van der Waals surface area contributed by atoms with Gasteiger partial charge in [-0.1, -0.05) is 12.1 Å². The Morgan fingerprint density at radius 3 is 2.45 bits per heavy atom. The summed E-state index contributed by atoms with van der Waals surface area (Å²) >= 11 is 0. The standard InChI is InChI=1S/C27H30F4N2O5/c1-15-9-26(36,17-3-5-18(6-4-17)27(29,30)31)10-19(32-15)14-37-21-7-16-13-38-24(34)33(23(16)22(28)8-21)20-11-25(2,35)12-20/h3-8,15,19-20,32,35-36H,9-14H2,1-2H3. The van der Waals surface area contributed by atoms with Gasteiger partial charge in [0.05, 0.1) is 22.5 Å². The quantitative estimate of drug-likeness (QED) is 0.482. The Morgan fingerprint density at radius 2 is 1.82 bits per heavy atom. The highest BCUT2D eigenvalue weighted by atomic mass is 19.4. The average Bonchev–Trinajstić information content (AvgIpc) is 2.80. The number of halogens is 4. The smallest absolute Gasteiger partial charge is 0.416 e. The number of nitrogens with zero attached hydrogens (tertiary/aromatic N) is 1. The van der Waals surface area contributed by atoms with Crippen molar-refractivity contribution in [2.24, 2.45) is 0 Å². The van der Waals surface area contributed by atoms with Crippen molar-refractivity contribution >= 4 is 11.8 Å². The zero-order valence-corrected chi connectivity index (χ0v) is 21.0. The first-order chi connectivity index (χ1) is 17.7. The van der Waals surface area contributed by atoms with Gasteiger partial charge in [0.2, 0.25) is 0 Å². The Hall–Kier alpha value is -2.89. The van der Waals surface area contributed by atoms with Crippen molar-refractivity contribution in [2.45, 2.75) is 81.6 Å². The van der Waals surface area contributed by atoms with E-state index in [2.05, 4.69) is 5.32 Å². The molecule has 0 aromatic heterocycles. The highest BCUT2D eigenvalue weighted by Crippen LogP contribution is 2.43. The number of rotatable bonds is 5. The summed E-state index contributed by atoms with van der Waals surface area (Å²) in [5, 5.41) is 24.7. The van der Waals surface area contributed by atoms with Crippen LogP contribution < -0.4 is 15.0 Å². The van der Waals surface area contributed by atoms with Crippen molar-refractivity contribution in [1.82, 2.24) is 5.32 Å². The van der Waals surface area contributed by atoms with E-state index in [0.717, 1.165) is 12.1 Å². The predicted molar refractivity (Wildman–Crippen MR) is 129 cm³/mol. The Bertz CT molecular complexity index is 1210. The van der Waals surface area contributed by atoms with E-state index in [0.29, 0.717) is 30.4 Å². The molecule has 2 aromatic carbocycles. The van der Waals surface area contributed by atoms with E-state index in [9.17, 15) is 28.2 Å². The molecule has 1 saturated carbocycles. The van der Waals surface area contributed by atoms with Gasteiger partial charge in [-0.2, -0.15) is 13.2 Å². The zero-order chi connectivity index (χ0) is 27.5. The largest absolute Gasteiger partial charge is 0.492 e. The van der Waals surface area contributed by atoms with Gasteiger partial charge < -0.3 is 25.0 Å². The summed E-state index contributed by atoms with van der Waals surface area (Å²) < 4.78 is 65.2. The number of cyclic esters (lactones) is 1. The van der Waals surface area contributed by atoms with Crippen LogP contribution in [-0.2, 0) is 23.1 Å². The fourth-order valence-electron chi connectivity index (χ4n) is 5.89. The van der Waals surface area contributed by atoms with Gasteiger partial charge in [0.1, 0.15) is 19.0 Å². The van der Waals surface area contributed by atoms with Crippen LogP contribution in [0.4, 0.5) is 28.0 Å². The lowest BCUT2D eigenvalue weighted by Crippen LogP contribution is -2.57. The van der Waals surface area contributed by atoms with Crippen LogP contribution in [0.3, 0.4) is 0 Å².